The Hall–Kier alpha value is -3.70. The molecule has 5 rings (SSSR count). The van der Waals surface area contributed by atoms with Crippen molar-refractivity contribution < 1.29 is 9.47 Å². The van der Waals surface area contributed by atoms with Crippen LogP contribution < -0.4 is 29.9 Å². The zero-order valence-electron chi connectivity index (χ0n) is 27.6. The Morgan fingerprint density at radius 3 is 1.67 bits per heavy atom. The summed E-state index contributed by atoms with van der Waals surface area (Å²) in [5, 5.41) is 9.03. The summed E-state index contributed by atoms with van der Waals surface area (Å²) in [6, 6.07) is 28.0. The lowest BCUT2D eigenvalue weighted by Crippen LogP contribution is -2.46. The van der Waals surface area contributed by atoms with Gasteiger partial charge in [-0.2, -0.15) is 0 Å². The van der Waals surface area contributed by atoms with Crippen LogP contribution in [0.5, 0.6) is 11.5 Å². The van der Waals surface area contributed by atoms with E-state index in [4.69, 9.17) is 9.47 Å². The summed E-state index contributed by atoms with van der Waals surface area (Å²) in [5.74, 6) is 3.06. The van der Waals surface area contributed by atoms with E-state index in [9.17, 15) is 0 Å². The summed E-state index contributed by atoms with van der Waals surface area (Å²) < 4.78 is 12.5. The maximum atomic E-state index is 6.25. The molecule has 0 bridgehead atoms. The maximum Gasteiger partial charge on any atom is 0.119 e. The van der Waals surface area contributed by atoms with E-state index in [2.05, 4.69) is 134 Å². The fourth-order valence-electron chi connectivity index (χ4n) is 5.88. The van der Waals surface area contributed by atoms with Crippen LogP contribution in [-0.2, 0) is 0 Å². The van der Waals surface area contributed by atoms with E-state index in [-0.39, 0.29) is 0 Å². The van der Waals surface area contributed by atoms with Gasteiger partial charge in [0.05, 0.1) is 24.6 Å². The number of hydrazine groups is 1. The number of thiophene rings is 1. The third kappa shape index (κ3) is 8.52. The molecule has 0 amide bonds. The van der Waals surface area contributed by atoms with Gasteiger partial charge in [0.1, 0.15) is 11.5 Å². The predicted octanol–water partition coefficient (Wildman–Crippen LogP) is 10.0. The van der Waals surface area contributed by atoms with Gasteiger partial charge in [-0.05, 0) is 84.7 Å². The average molecular weight is 623 g/mol. The van der Waals surface area contributed by atoms with E-state index in [1.54, 1.807) is 11.3 Å². The zero-order chi connectivity index (χ0) is 31.4. The van der Waals surface area contributed by atoms with Gasteiger partial charge in [0.25, 0.3) is 0 Å². The number of unbranched alkanes of at least 4 members (excludes halogenated alkanes) is 2. The number of hydrogen-bond acceptors (Lipinski definition) is 5. The first kappa shape index (κ1) is 32.7. The highest BCUT2D eigenvalue weighted by Gasteiger charge is 2.19. The second kappa shape index (κ2) is 16.6. The number of ether oxygens (including phenoxy) is 2. The van der Waals surface area contributed by atoms with Crippen LogP contribution in [0, 0.1) is 11.8 Å². The van der Waals surface area contributed by atoms with Crippen LogP contribution in [0.15, 0.2) is 84.2 Å². The van der Waals surface area contributed by atoms with Gasteiger partial charge in [-0.1, -0.05) is 90.5 Å². The standard InChI is InChI=1S/C40H50N2O2S/c1-5-9-13-31(7-3)29-43-36-22-18-34(19-23-36)41-27-33-15-11-16-38(40-17-12-26-45-40)39(33)28-42(41)35-20-24-37(25-21-35)44-30-32(8-4)14-10-6-2/h11-12,15-28,31-32H,5-10,13-14,29-30H2,1-4H3. The highest BCUT2D eigenvalue weighted by Crippen LogP contribution is 2.30. The number of anilines is 2. The first-order valence-corrected chi connectivity index (χ1v) is 17.9. The minimum absolute atomic E-state index is 0.605. The molecule has 0 saturated heterocycles. The molecule has 1 aliphatic heterocycles. The van der Waals surface area contributed by atoms with Crippen LogP contribution >= 0.6 is 11.3 Å². The summed E-state index contributed by atoms with van der Waals surface area (Å²) in [7, 11) is 0. The van der Waals surface area contributed by atoms with E-state index in [1.807, 2.05) is 0 Å². The zero-order valence-corrected chi connectivity index (χ0v) is 28.4. The molecule has 0 fully saturated rings. The Labute approximate surface area is 274 Å². The quantitative estimate of drug-likeness (QED) is 0.117. The molecular weight excluding hydrogens is 573 g/mol. The number of benzene rings is 3. The summed E-state index contributed by atoms with van der Waals surface area (Å²) in [6.45, 7) is 10.6. The molecule has 2 unspecified atom stereocenters. The number of hydrogen-bond donors (Lipinski definition) is 0. The molecule has 2 atom stereocenters. The second-order valence-corrected chi connectivity index (χ2v) is 13.1. The molecule has 0 spiro atoms. The largest absolute Gasteiger partial charge is 0.493 e. The lowest BCUT2D eigenvalue weighted by Gasteiger charge is -2.35. The third-order valence-electron chi connectivity index (χ3n) is 8.93. The first-order chi connectivity index (χ1) is 22.1. The van der Waals surface area contributed by atoms with E-state index < -0.39 is 0 Å². The Bertz CT molecular complexity index is 1560. The Kier molecular flexibility index (Phi) is 12.0. The first-order valence-electron chi connectivity index (χ1n) is 17.0. The average Bonchev–Trinajstić information content (AvgIpc) is 3.63. The van der Waals surface area contributed by atoms with E-state index in [1.165, 1.54) is 59.4 Å². The number of fused-ring (bicyclic) bond motifs is 1. The molecule has 2 heterocycles. The van der Waals surface area contributed by atoms with Crippen molar-refractivity contribution in [2.75, 3.05) is 23.2 Å². The van der Waals surface area contributed by atoms with Gasteiger partial charge in [0.15, 0.2) is 0 Å². The summed E-state index contributed by atoms with van der Waals surface area (Å²) in [4.78, 5) is 1.27. The summed E-state index contributed by atoms with van der Waals surface area (Å²) >= 11 is 1.78. The highest BCUT2D eigenvalue weighted by molar-refractivity contribution is 7.13. The van der Waals surface area contributed by atoms with Crippen molar-refractivity contribution in [1.29, 1.82) is 0 Å². The van der Waals surface area contributed by atoms with Crippen LogP contribution in [0.25, 0.3) is 22.8 Å². The molecule has 4 nitrogen and oxygen atoms in total. The molecule has 5 heteroatoms. The number of rotatable bonds is 17. The molecule has 238 valence electrons. The summed E-state index contributed by atoms with van der Waals surface area (Å²) in [5.41, 5.74) is 3.40. The third-order valence-corrected chi connectivity index (χ3v) is 9.84. The smallest absolute Gasteiger partial charge is 0.119 e. The van der Waals surface area contributed by atoms with Crippen LogP contribution in [-0.4, -0.2) is 13.2 Å². The van der Waals surface area contributed by atoms with Crippen molar-refractivity contribution >= 4 is 35.1 Å². The molecule has 45 heavy (non-hydrogen) atoms. The van der Waals surface area contributed by atoms with Crippen molar-refractivity contribution in [3.05, 3.63) is 94.7 Å². The molecule has 0 radical (unpaired) electrons. The van der Waals surface area contributed by atoms with E-state index in [0.29, 0.717) is 11.8 Å². The van der Waals surface area contributed by atoms with E-state index in [0.717, 1.165) is 48.9 Å². The lowest BCUT2D eigenvalue weighted by atomic mass is 10.0. The molecule has 0 N–H and O–H groups in total. The van der Waals surface area contributed by atoms with Gasteiger partial charge in [-0.15, -0.1) is 11.3 Å². The number of nitrogens with zero attached hydrogens (tertiary/aromatic N) is 2. The van der Waals surface area contributed by atoms with Gasteiger partial charge in [-0.3, -0.25) is 10.0 Å². The van der Waals surface area contributed by atoms with Crippen molar-refractivity contribution in [3.63, 3.8) is 0 Å². The van der Waals surface area contributed by atoms with Crippen LogP contribution in [0.3, 0.4) is 0 Å². The molecule has 4 aromatic rings. The minimum Gasteiger partial charge on any atom is -0.493 e. The lowest BCUT2D eigenvalue weighted by molar-refractivity contribution is 0.233. The van der Waals surface area contributed by atoms with Gasteiger partial charge in [0.2, 0.25) is 0 Å². The monoisotopic (exact) mass is 622 g/mol. The normalized spacial score (nSPS) is 13.9. The minimum atomic E-state index is 0.605. The van der Waals surface area contributed by atoms with Gasteiger partial charge >= 0.3 is 0 Å². The maximum absolute atomic E-state index is 6.25. The molecule has 1 aliphatic rings. The van der Waals surface area contributed by atoms with Gasteiger partial charge < -0.3 is 9.47 Å². The topological polar surface area (TPSA) is 24.9 Å². The Morgan fingerprint density at radius 1 is 0.622 bits per heavy atom. The summed E-state index contributed by atoms with van der Waals surface area (Å²) in [6.07, 6.45) is 14.3. The molecule has 0 saturated carbocycles. The van der Waals surface area contributed by atoms with Gasteiger partial charge in [-0.25, -0.2) is 0 Å². The molecular formula is C40H50N2O2S. The van der Waals surface area contributed by atoms with Crippen LogP contribution in [0.1, 0.15) is 79.1 Å². The van der Waals surface area contributed by atoms with Crippen molar-refractivity contribution in [1.82, 2.24) is 0 Å². The Balaban J connectivity index is 1.42. The van der Waals surface area contributed by atoms with Crippen LogP contribution in [0.4, 0.5) is 11.4 Å². The molecule has 1 aromatic heterocycles. The predicted molar refractivity (Wildman–Crippen MR) is 193 cm³/mol. The fraction of sp³-hybridized carbons (Fsp3) is 0.400. The molecule has 0 aliphatic carbocycles. The van der Waals surface area contributed by atoms with Crippen molar-refractivity contribution in [2.24, 2.45) is 11.8 Å². The SMILES string of the molecule is CCCCC(CC)COc1ccc(N2C=c3cccc(-c4cccs4)c3=CN2c2ccc(OCC(CC)CCCC)cc2)cc1. The molecule has 3 aromatic carbocycles. The Morgan fingerprint density at radius 2 is 1.18 bits per heavy atom. The van der Waals surface area contributed by atoms with E-state index >= 15 is 0 Å². The highest BCUT2D eigenvalue weighted by atomic mass is 32.1. The van der Waals surface area contributed by atoms with Crippen molar-refractivity contribution in [3.8, 4) is 21.9 Å². The van der Waals surface area contributed by atoms with Gasteiger partial charge in [0, 0.05) is 33.3 Å². The fourth-order valence-corrected chi connectivity index (χ4v) is 6.64. The van der Waals surface area contributed by atoms with Crippen LogP contribution in [0.2, 0.25) is 0 Å². The second-order valence-electron chi connectivity index (χ2n) is 12.2. The van der Waals surface area contributed by atoms with Crippen molar-refractivity contribution in [2.45, 2.75) is 79.1 Å².